The lowest BCUT2D eigenvalue weighted by molar-refractivity contribution is -0.186. The Balaban J connectivity index is 2.37. The van der Waals surface area contributed by atoms with Crippen molar-refractivity contribution >= 4 is 6.03 Å². The van der Waals surface area contributed by atoms with Crippen molar-refractivity contribution in [3.63, 3.8) is 0 Å². The van der Waals surface area contributed by atoms with Gasteiger partial charge in [-0.15, -0.1) is 0 Å². The van der Waals surface area contributed by atoms with Crippen molar-refractivity contribution in [1.29, 1.82) is 5.26 Å². The Morgan fingerprint density at radius 1 is 1.17 bits per heavy atom. The Morgan fingerprint density at radius 2 is 1.87 bits per heavy atom. The van der Waals surface area contributed by atoms with Gasteiger partial charge in [0.2, 0.25) is 5.54 Å². The molecule has 23 heavy (non-hydrogen) atoms. The molecule has 1 aromatic rings. The van der Waals surface area contributed by atoms with Crippen LogP contribution in [0.3, 0.4) is 0 Å². The molecule has 4 nitrogen and oxygen atoms in total. The van der Waals surface area contributed by atoms with E-state index in [2.05, 4.69) is 0 Å². The molecule has 0 aromatic heterocycles. The third-order valence-corrected chi connectivity index (χ3v) is 3.75. The number of nitrogens with zero attached hydrogens (tertiary/aromatic N) is 2. The highest BCUT2D eigenvalue weighted by Crippen LogP contribution is 2.48. The Kier molecular flexibility index (Phi) is 3.25. The molecule has 0 saturated carbocycles. The number of halogens is 3. The number of benzene rings is 1. The summed E-state index contributed by atoms with van der Waals surface area (Å²) in [4.78, 5) is 13.2. The van der Waals surface area contributed by atoms with E-state index in [-0.39, 0.29) is 11.3 Å². The fourth-order valence-corrected chi connectivity index (χ4v) is 2.72. The normalized spacial score (nSPS) is 23.4. The maximum absolute atomic E-state index is 14.0. The van der Waals surface area contributed by atoms with E-state index in [1.807, 2.05) is 5.32 Å². The topological polar surface area (TPSA) is 56.1 Å². The largest absolute Gasteiger partial charge is 0.420 e. The Bertz CT molecular complexity index is 787. The van der Waals surface area contributed by atoms with E-state index in [0.717, 1.165) is 4.90 Å². The summed E-state index contributed by atoms with van der Waals surface area (Å²) in [5.41, 5.74) is -3.75. The van der Waals surface area contributed by atoms with E-state index in [4.69, 9.17) is 0 Å². The summed E-state index contributed by atoms with van der Waals surface area (Å²) in [5, 5.41) is 11.4. The summed E-state index contributed by atoms with van der Waals surface area (Å²) >= 11 is 0. The average molecular weight is 317 g/mol. The molecule has 1 N–H and O–H groups in total. The average Bonchev–Trinajstić information content (AvgIpc) is 2.54. The smallest absolute Gasteiger partial charge is 0.315 e. The first-order chi connectivity index (χ1) is 10.9. The predicted molar refractivity (Wildman–Crippen MR) is 75.5 cm³/mol. The van der Waals surface area contributed by atoms with Gasteiger partial charge in [-0.2, -0.15) is 18.4 Å². The molecule has 7 heteroatoms. The summed E-state index contributed by atoms with van der Waals surface area (Å²) in [6, 6.07) is 7.59. The molecular formula is C16H10F3N3O. The first-order valence-corrected chi connectivity index (χ1v) is 6.65. The molecule has 1 atom stereocenters. The third-order valence-electron chi connectivity index (χ3n) is 3.75. The van der Waals surface area contributed by atoms with Gasteiger partial charge in [-0.05, 0) is 17.7 Å². The molecule has 1 unspecified atom stereocenters. The van der Waals surface area contributed by atoms with Crippen LogP contribution in [0.5, 0.6) is 0 Å². The van der Waals surface area contributed by atoms with Crippen LogP contribution in [0.15, 0.2) is 66.0 Å². The van der Waals surface area contributed by atoms with E-state index in [9.17, 15) is 23.2 Å². The van der Waals surface area contributed by atoms with Crippen LogP contribution >= 0.6 is 0 Å². The van der Waals surface area contributed by atoms with Gasteiger partial charge >= 0.3 is 12.2 Å². The lowest BCUT2D eigenvalue weighted by atomic mass is 9.79. The Morgan fingerprint density at radius 3 is 2.48 bits per heavy atom. The SMILES string of the molecule is N#CC1=C2C=CC=CN2C(=O)NC1(c1ccccc1)C(F)(F)F. The standard InChI is InChI=1S/C16H10F3N3O/c17-16(18,19)15(11-6-2-1-3-7-11)12(10-20)13-8-4-5-9-22(13)14(23)21-15/h1-9H,(H,21,23). The zero-order chi connectivity index (χ0) is 16.7. The van der Waals surface area contributed by atoms with Gasteiger partial charge in [0, 0.05) is 6.20 Å². The number of urea groups is 1. The highest BCUT2D eigenvalue weighted by Gasteiger charge is 2.63. The number of fused-ring (bicyclic) bond motifs is 1. The molecule has 116 valence electrons. The molecule has 0 radical (unpaired) electrons. The van der Waals surface area contributed by atoms with E-state index in [1.165, 1.54) is 48.7 Å². The van der Waals surface area contributed by atoms with Gasteiger partial charge in [0.15, 0.2) is 0 Å². The Labute approximate surface area is 129 Å². The molecule has 2 heterocycles. The minimum atomic E-state index is -4.89. The van der Waals surface area contributed by atoms with Gasteiger partial charge < -0.3 is 5.32 Å². The number of alkyl halides is 3. The number of hydrogen-bond donors (Lipinski definition) is 1. The minimum absolute atomic E-state index is 0.0834. The Hall–Kier alpha value is -3.01. The van der Waals surface area contributed by atoms with Crippen molar-refractivity contribution in [2.45, 2.75) is 11.7 Å². The highest BCUT2D eigenvalue weighted by molar-refractivity contribution is 5.84. The van der Waals surface area contributed by atoms with Crippen molar-refractivity contribution in [3.8, 4) is 6.07 Å². The van der Waals surface area contributed by atoms with Crippen molar-refractivity contribution in [2.75, 3.05) is 0 Å². The number of nitrogens with one attached hydrogen (secondary N) is 1. The fraction of sp³-hybridized carbons (Fsp3) is 0.125. The van der Waals surface area contributed by atoms with Crippen LogP contribution in [0.4, 0.5) is 18.0 Å². The number of carbonyl (C=O) groups excluding carboxylic acids is 1. The van der Waals surface area contributed by atoms with Gasteiger partial charge in [-0.25, -0.2) is 4.79 Å². The van der Waals surface area contributed by atoms with E-state index < -0.39 is 23.3 Å². The number of carbonyl (C=O) groups is 1. The summed E-state index contributed by atoms with van der Waals surface area (Å²) in [6.45, 7) is 0. The fourth-order valence-electron chi connectivity index (χ4n) is 2.72. The summed E-state index contributed by atoms with van der Waals surface area (Å²) in [7, 11) is 0. The van der Waals surface area contributed by atoms with Crippen LogP contribution < -0.4 is 5.32 Å². The van der Waals surface area contributed by atoms with E-state index in [0.29, 0.717) is 0 Å². The second kappa shape index (κ2) is 5.02. The van der Waals surface area contributed by atoms with Crippen LogP contribution in [0.25, 0.3) is 0 Å². The summed E-state index contributed by atoms with van der Waals surface area (Å²) < 4.78 is 42.0. The van der Waals surface area contributed by atoms with Crippen molar-refractivity contribution in [3.05, 3.63) is 71.6 Å². The van der Waals surface area contributed by atoms with Gasteiger partial charge in [-0.3, -0.25) is 4.90 Å². The van der Waals surface area contributed by atoms with E-state index >= 15 is 0 Å². The number of hydrogen-bond acceptors (Lipinski definition) is 2. The number of nitriles is 1. The van der Waals surface area contributed by atoms with Crippen molar-refractivity contribution < 1.29 is 18.0 Å². The second-order valence-electron chi connectivity index (χ2n) is 4.99. The lowest BCUT2D eigenvalue weighted by Crippen LogP contribution is -2.62. The first kappa shape index (κ1) is 14.9. The number of rotatable bonds is 1. The quantitative estimate of drug-likeness (QED) is 0.864. The molecule has 0 saturated heterocycles. The number of amides is 2. The highest BCUT2D eigenvalue weighted by atomic mass is 19.4. The lowest BCUT2D eigenvalue weighted by Gasteiger charge is -2.43. The zero-order valence-electron chi connectivity index (χ0n) is 11.6. The van der Waals surface area contributed by atoms with Crippen molar-refractivity contribution in [2.24, 2.45) is 0 Å². The molecular weight excluding hydrogens is 307 g/mol. The van der Waals surface area contributed by atoms with Gasteiger partial charge in [0.05, 0.1) is 11.3 Å². The zero-order valence-corrected chi connectivity index (χ0v) is 11.6. The molecule has 0 spiro atoms. The number of allylic oxidation sites excluding steroid dienone is 3. The van der Waals surface area contributed by atoms with Gasteiger partial charge in [-0.1, -0.05) is 36.4 Å². The first-order valence-electron chi connectivity index (χ1n) is 6.65. The molecule has 2 amide bonds. The third kappa shape index (κ3) is 2.03. The predicted octanol–water partition coefficient (Wildman–Crippen LogP) is 3.33. The van der Waals surface area contributed by atoms with Gasteiger partial charge in [0.25, 0.3) is 0 Å². The van der Waals surface area contributed by atoms with Gasteiger partial charge in [0.1, 0.15) is 6.07 Å². The molecule has 0 bridgehead atoms. The maximum Gasteiger partial charge on any atom is 0.420 e. The summed E-state index contributed by atoms with van der Waals surface area (Å²) in [6.07, 6.45) is 0.728. The van der Waals surface area contributed by atoms with E-state index in [1.54, 1.807) is 12.1 Å². The molecule has 1 aromatic carbocycles. The van der Waals surface area contributed by atoms with Crippen LogP contribution in [-0.4, -0.2) is 17.1 Å². The van der Waals surface area contributed by atoms with Crippen molar-refractivity contribution in [1.82, 2.24) is 10.2 Å². The monoisotopic (exact) mass is 317 g/mol. The maximum atomic E-state index is 14.0. The molecule has 2 aliphatic rings. The van der Waals surface area contributed by atoms with Crippen LogP contribution in [0.1, 0.15) is 5.56 Å². The minimum Gasteiger partial charge on any atom is -0.315 e. The second-order valence-corrected chi connectivity index (χ2v) is 4.99. The van der Waals surface area contributed by atoms with Crippen LogP contribution in [0.2, 0.25) is 0 Å². The molecule has 2 aliphatic heterocycles. The summed E-state index contributed by atoms with van der Waals surface area (Å²) in [5.74, 6) is 0. The molecule has 0 fully saturated rings. The molecule has 0 aliphatic carbocycles. The van der Waals surface area contributed by atoms with Crippen LogP contribution in [-0.2, 0) is 5.54 Å². The molecule has 3 rings (SSSR count). The van der Waals surface area contributed by atoms with Crippen LogP contribution in [0, 0.1) is 11.3 Å².